The minimum Gasteiger partial charge on any atom is -0.481 e. The highest BCUT2D eigenvalue weighted by molar-refractivity contribution is 7.14. The van der Waals surface area contributed by atoms with Crippen molar-refractivity contribution in [3.63, 3.8) is 0 Å². The number of aliphatic carboxylic acids is 1. The molecule has 116 valence electrons. The zero-order chi connectivity index (χ0) is 16.3. The Morgan fingerprint density at radius 1 is 1.27 bits per heavy atom. The van der Waals surface area contributed by atoms with Crippen molar-refractivity contribution in [2.45, 2.75) is 12.3 Å². The fourth-order valence-electron chi connectivity index (χ4n) is 2.12. The van der Waals surface area contributed by atoms with Crippen molar-refractivity contribution < 1.29 is 19.8 Å². The van der Waals surface area contributed by atoms with Crippen molar-refractivity contribution in [3.05, 3.63) is 45.8 Å². The summed E-state index contributed by atoms with van der Waals surface area (Å²) in [6.07, 6.45) is -0.0671. The Labute approximate surface area is 136 Å². The summed E-state index contributed by atoms with van der Waals surface area (Å²) in [5.41, 5.74) is 7.30. The Morgan fingerprint density at radius 2 is 2.00 bits per heavy atom. The quantitative estimate of drug-likeness (QED) is 0.749. The number of halogens is 1. The van der Waals surface area contributed by atoms with Gasteiger partial charge in [0.1, 0.15) is 0 Å². The van der Waals surface area contributed by atoms with Gasteiger partial charge in [-0.25, -0.2) is 4.79 Å². The van der Waals surface area contributed by atoms with E-state index in [2.05, 4.69) is 0 Å². The van der Waals surface area contributed by atoms with Gasteiger partial charge in [0.05, 0.1) is 12.0 Å². The average Bonchev–Trinajstić information content (AvgIpc) is 2.95. The molecule has 0 bridgehead atoms. The molecule has 0 saturated heterocycles. The lowest BCUT2D eigenvalue weighted by atomic mass is 9.94. The van der Waals surface area contributed by atoms with Crippen LogP contribution in [0.1, 0.15) is 28.3 Å². The van der Waals surface area contributed by atoms with E-state index < -0.39 is 11.9 Å². The monoisotopic (exact) mass is 339 g/mol. The predicted molar refractivity (Wildman–Crippen MR) is 85.8 cm³/mol. The Bertz CT molecular complexity index is 713. The minimum absolute atomic E-state index is 0.0671. The molecule has 0 aliphatic carbocycles. The standard InChI is InChI=1S/C15H14ClNO4S/c16-12-2-1-8(9(6-17)5-14(18)19)3-11(12)13-4-10(7-22-13)15(20)21/h1-4,7,9H,5-6,17H2,(H,18,19)(H,20,21). The molecule has 22 heavy (non-hydrogen) atoms. The van der Waals surface area contributed by atoms with E-state index in [9.17, 15) is 9.59 Å². The third kappa shape index (κ3) is 3.65. The molecule has 4 N–H and O–H groups in total. The predicted octanol–water partition coefficient (Wildman–Crippen LogP) is 3.28. The van der Waals surface area contributed by atoms with Gasteiger partial charge >= 0.3 is 11.9 Å². The van der Waals surface area contributed by atoms with Crippen LogP contribution in [-0.2, 0) is 4.79 Å². The van der Waals surface area contributed by atoms with E-state index in [1.165, 1.54) is 11.3 Å². The summed E-state index contributed by atoms with van der Waals surface area (Å²) < 4.78 is 0. The molecule has 2 rings (SSSR count). The summed E-state index contributed by atoms with van der Waals surface area (Å²) in [5.74, 6) is -2.23. The van der Waals surface area contributed by atoms with Gasteiger partial charge < -0.3 is 15.9 Å². The van der Waals surface area contributed by atoms with Gasteiger partial charge in [-0.3, -0.25) is 4.79 Å². The molecule has 0 aliphatic rings. The summed E-state index contributed by atoms with van der Waals surface area (Å²) in [4.78, 5) is 22.6. The van der Waals surface area contributed by atoms with Crippen LogP contribution in [-0.4, -0.2) is 28.7 Å². The zero-order valence-electron chi connectivity index (χ0n) is 11.5. The van der Waals surface area contributed by atoms with Crippen LogP contribution in [0.5, 0.6) is 0 Å². The lowest BCUT2D eigenvalue weighted by Crippen LogP contribution is -2.16. The van der Waals surface area contributed by atoms with Gasteiger partial charge in [0.15, 0.2) is 0 Å². The molecule has 0 radical (unpaired) electrons. The molecule has 5 nitrogen and oxygen atoms in total. The topological polar surface area (TPSA) is 101 Å². The summed E-state index contributed by atoms with van der Waals surface area (Å²) in [6, 6.07) is 6.75. The fraction of sp³-hybridized carbons (Fsp3) is 0.200. The van der Waals surface area contributed by atoms with Gasteiger partial charge in [0, 0.05) is 26.8 Å². The first-order valence-corrected chi connectivity index (χ1v) is 7.71. The molecular formula is C15H14ClNO4S. The van der Waals surface area contributed by atoms with Crippen molar-refractivity contribution in [1.29, 1.82) is 0 Å². The molecule has 0 saturated carbocycles. The van der Waals surface area contributed by atoms with Gasteiger partial charge in [-0.05, 0) is 30.3 Å². The van der Waals surface area contributed by atoms with Crippen LogP contribution in [0, 0.1) is 0 Å². The molecule has 1 aromatic carbocycles. The maximum absolute atomic E-state index is 11.0. The van der Waals surface area contributed by atoms with Gasteiger partial charge in [-0.2, -0.15) is 0 Å². The lowest BCUT2D eigenvalue weighted by Gasteiger charge is -2.14. The van der Waals surface area contributed by atoms with Gasteiger partial charge in [0.2, 0.25) is 0 Å². The zero-order valence-corrected chi connectivity index (χ0v) is 13.0. The number of carboxylic acids is 2. The molecule has 1 aromatic heterocycles. The SMILES string of the molecule is NCC(CC(=O)O)c1ccc(Cl)c(-c2cc(C(=O)O)cs2)c1. The minimum atomic E-state index is -1.000. The number of nitrogens with two attached hydrogens (primary N) is 1. The summed E-state index contributed by atoms with van der Waals surface area (Å²) in [7, 11) is 0. The lowest BCUT2D eigenvalue weighted by molar-refractivity contribution is -0.137. The Balaban J connectivity index is 2.41. The van der Waals surface area contributed by atoms with Crippen molar-refractivity contribution in [2.75, 3.05) is 6.54 Å². The van der Waals surface area contributed by atoms with Crippen LogP contribution in [0.25, 0.3) is 10.4 Å². The van der Waals surface area contributed by atoms with Crippen molar-refractivity contribution in [1.82, 2.24) is 0 Å². The highest BCUT2D eigenvalue weighted by Gasteiger charge is 2.17. The van der Waals surface area contributed by atoms with Gasteiger partial charge in [-0.1, -0.05) is 17.7 Å². The van der Waals surface area contributed by atoms with E-state index >= 15 is 0 Å². The van der Waals surface area contributed by atoms with Crippen molar-refractivity contribution in [3.8, 4) is 10.4 Å². The van der Waals surface area contributed by atoms with E-state index in [1.807, 2.05) is 0 Å². The van der Waals surface area contributed by atoms with Crippen LogP contribution in [0.3, 0.4) is 0 Å². The highest BCUT2D eigenvalue weighted by atomic mass is 35.5. The molecular weight excluding hydrogens is 326 g/mol. The average molecular weight is 340 g/mol. The van der Waals surface area contributed by atoms with Crippen molar-refractivity contribution >= 4 is 34.9 Å². The fourth-order valence-corrected chi connectivity index (χ4v) is 3.31. The number of aromatic carboxylic acids is 1. The number of carbonyl (C=O) groups is 2. The van der Waals surface area contributed by atoms with E-state index in [-0.39, 0.29) is 24.4 Å². The Hall–Kier alpha value is -1.89. The summed E-state index contributed by atoms with van der Waals surface area (Å²) >= 11 is 7.46. The van der Waals surface area contributed by atoms with Gasteiger partial charge in [0.25, 0.3) is 0 Å². The number of carboxylic acid groups (broad SMARTS) is 2. The molecule has 1 atom stereocenters. The summed E-state index contributed by atoms with van der Waals surface area (Å²) in [6.45, 7) is 0.207. The second-order valence-corrected chi connectivity index (χ2v) is 6.09. The molecule has 2 aromatic rings. The number of benzene rings is 1. The molecule has 0 amide bonds. The second kappa shape index (κ2) is 6.91. The third-order valence-electron chi connectivity index (χ3n) is 3.28. The Morgan fingerprint density at radius 3 is 2.55 bits per heavy atom. The number of hydrogen-bond acceptors (Lipinski definition) is 4. The smallest absolute Gasteiger partial charge is 0.336 e. The number of rotatable bonds is 6. The van der Waals surface area contributed by atoms with Crippen LogP contribution in [0.4, 0.5) is 0 Å². The van der Waals surface area contributed by atoms with E-state index in [1.54, 1.807) is 29.6 Å². The first kappa shape index (κ1) is 16.5. The molecule has 0 fully saturated rings. The molecule has 0 spiro atoms. The molecule has 1 heterocycles. The van der Waals surface area contributed by atoms with Crippen LogP contribution in [0.15, 0.2) is 29.6 Å². The third-order valence-corrected chi connectivity index (χ3v) is 4.57. The number of hydrogen-bond donors (Lipinski definition) is 3. The summed E-state index contributed by atoms with van der Waals surface area (Å²) in [5, 5.41) is 19.9. The molecule has 1 unspecified atom stereocenters. The van der Waals surface area contributed by atoms with E-state index in [0.29, 0.717) is 10.6 Å². The first-order chi connectivity index (χ1) is 10.4. The number of thiophene rings is 1. The van der Waals surface area contributed by atoms with E-state index in [4.69, 9.17) is 27.5 Å². The van der Waals surface area contributed by atoms with E-state index in [0.717, 1.165) is 10.4 Å². The first-order valence-electron chi connectivity index (χ1n) is 6.46. The highest BCUT2D eigenvalue weighted by Crippen LogP contribution is 2.35. The maximum Gasteiger partial charge on any atom is 0.336 e. The van der Waals surface area contributed by atoms with Gasteiger partial charge in [-0.15, -0.1) is 11.3 Å². The normalized spacial score (nSPS) is 12.1. The largest absolute Gasteiger partial charge is 0.481 e. The second-order valence-electron chi connectivity index (χ2n) is 4.77. The Kier molecular flexibility index (Phi) is 5.18. The maximum atomic E-state index is 11.0. The molecule has 7 heteroatoms. The van der Waals surface area contributed by atoms with Crippen LogP contribution < -0.4 is 5.73 Å². The van der Waals surface area contributed by atoms with Crippen LogP contribution in [0.2, 0.25) is 5.02 Å². The molecule has 0 aliphatic heterocycles. The van der Waals surface area contributed by atoms with Crippen LogP contribution >= 0.6 is 22.9 Å². The van der Waals surface area contributed by atoms with Crippen molar-refractivity contribution in [2.24, 2.45) is 5.73 Å².